The zero-order valence-corrected chi connectivity index (χ0v) is 28.0. The topological polar surface area (TPSA) is 92.8 Å². The molecule has 2 aliphatic carbocycles. The average Bonchev–Trinajstić information content (AvgIpc) is 3.45. The van der Waals surface area contributed by atoms with Crippen LogP contribution in [-0.2, 0) is 9.59 Å². The van der Waals surface area contributed by atoms with Gasteiger partial charge in [0.2, 0.25) is 5.91 Å². The number of hydrogen-bond donors (Lipinski definition) is 0. The molecule has 0 unspecified atom stereocenters. The fraction of sp³-hybridized carbons (Fsp3) is 0.694. The van der Waals surface area contributed by atoms with Crippen molar-refractivity contribution in [2.45, 2.75) is 121 Å². The molecule has 0 amide bonds. The summed E-state index contributed by atoms with van der Waals surface area (Å²) < 4.78 is 1.62. The number of allylic oxidation sites excluding steroid dienone is 4. The number of ketones is 2. The number of aromatic nitrogens is 2. The molecule has 0 radical (unpaired) electrons. The summed E-state index contributed by atoms with van der Waals surface area (Å²) in [7, 11) is 0. The smallest absolute Gasteiger partial charge is 0.237 e. The summed E-state index contributed by atoms with van der Waals surface area (Å²) in [6, 6.07) is 2.16. The van der Waals surface area contributed by atoms with E-state index in [1.807, 2.05) is 19.9 Å². The van der Waals surface area contributed by atoms with Crippen LogP contribution in [0.1, 0.15) is 126 Å². The molecule has 42 heavy (non-hydrogen) atoms. The monoisotopic (exact) mass is 575 g/mol. The first kappa shape index (κ1) is 33.7. The van der Waals surface area contributed by atoms with E-state index >= 15 is 0 Å². The summed E-state index contributed by atoms with van der Waals surface area (Å²) in [4.78, 5) is 44.1. The number of fused-ring (bicyclic) bond motifs is 1. The zero-order chi connectivity index (χ0) is 31.9. The SMILES string of the molecule is CCC(C)(C)CC[C@@](C)(CCC(C)(C)[C@]1(C)CC[C@H]2C(C)(C)C(=O)C(C#N)=C[C@]2(C)/C1=C/C(C)=O)C(=O)n1ccnc1. The van der Waals surface area contributed by atoms with Crippen LogP contribution in [0.25, 0.3) is 0 Å². The fourth-order valence-electron chi connectivity index (χ4n) is 7.80. The molecule has 4 atom stereocenters. The van der Waals surface area contributed by atoms with Crippen molar-refractivity contribution < 1.29 is 14.4 Å². The number of imidazole rings is 1. The number of nitrogens with zero attached hydrogens (tertiary/aromatic N) is 3. The number of hydrogen-bond acceptors (Lipinski definition) is 5. The van der Waals surface area contributed by atoms with Gasteiger partial charge in [0.15, 0.2) is 11.6 Å². The first-order valence-electron chi connectivity index (χ1n) is 15.6. The first-order valence-corrected chi connectivity index (χ1v) is 15.6. The van der Waals surface area contributed by atoms with Crippen LogP contribution in [0, 0.1) is 49.7 Å². The Hall–Kier alpha value is -2.81. The van der Waals surface area contributed by atoms with Crippen molar-refractivity contribution >= 4 is 17.5 Å². The van der Waals surface area contributed by atoms with Gasteiger partial charge in [-0.25, -0.2) is 4.98 Å². The highest BCUT2D eigenvalue weighted by molar-refractivity contribution is 6.04. The second-order valence-corrected chi connectivity index (χ2v) is 15.8. The highest BCUT2D eigenvalue weighted by atomic mass is 16.2. The quantitative estimate of drug-likeness (QED) is 0.261. The first-order chi connectivity index (χ1) is 19.2. The van der Waals surface area contributed by atoms with E-state index in [0.29, 0.717) is 6.42 Å². The number of carbonyl (C=O) groups is 3. The van der Waals surface area contributed by atoms with Gasteiger partial charge < -0.3 is 0 Å². The molecule has 1 heterocycles. The van der Waals surface area contributed by atoms with Crippen LogP contribution >= 0.6 is 0 Å². The lowest BCUT2D eigenvalue weighted by Crippen LogP contribution is -2.55. The minimum absolute atomic E-state index is 0.0200. The summed E-state index contributed by atoms with van der Waals surface area (Å²) in [6.07, 6.45) is 14.5. The van der Waals surface area contributed by atoms with Crippen molar-refractivity contribution in [1.82, 2.24) is 9.55 Å². The Kier molecular flexibility index (Phi) is 9.11. The number of nitriles is 1. The minimum atomic E-state index is -0.711. The van der Waals surface area contributed by atoms with E-state index in [1.54, 1.807) is 36.3 Å². The van der Waals surface area contributed by atoms with Gasteiger partial charge in [-0.2, -0.15) is 5.26 Å². The number of rotatable bonds is 10. The second-order valence-electron chi connectivity index (χ2n) is 15.8. The van der Waals surface area contributed by atoms with Gasteiger partial charge in [-0.05, 0) is 73.7 Å². The van der Waals surface area contributed by atoms with Crippen LogP contribution < -0.4 is 0 Å². The van der Waals surface area contributed by atoms with Crippen LogP contribution in [-0.4, -0.2) is 27.0 Å². The summed E-state index contributed by atoms with van der Waals surface area (Å²) in [5.74, 6) is -0.0932. The van der Waals surface area contributed by atoms with Crippen molar-refractivity contribution in [3.8, 4) is 6.07 Å². The molecule has 0 N–H and O–H groups in total. The second kappa shape index (κ2) is 11.4. The lowest BCUT2D eigenvalue weighted by Gasteiger charge is -2.61. The molecular weight excluding hydrogens is 522 g/mol. The van der Waals surface area contributed by atoms with E-state index in [-0.39, 0.29) is 45.2 Å². The molecule has 0 aliphatic heterocycles. The third kappa shape index (κ3) is 5.86. The Labute approximate surface area is 254 Å². The van der Waals surface area contributed by atoms with Gasteiger partial charge in [0.1, 0.15) is 12.4 Å². The lowest BCUT2D eigenvalue weighted by molar-refractivity contribution is -0.131. The predicted molar refractivity (Wildman–Crippen MR) is 167 cm³/mol. The standard InChI is InChI=1S/C36H53N3O3/c1-12-31(3,4)15-17-34(9,30(42)39-20-19-38-24-39)18-16-32(5,6)36(11)14-13-27-33(7,8)29(41)26(23-37)22-35(27,10)28(36)21-25(2)40/h19-22,24,27H,12-18H2,1-11H3/b28-21-/t27-,34-,35-,36+/m0/s1. The van der Waals surface area contributed by atoms with Gasteiger partial charge in [0, 0.05) is 28.6 Å². The number of carbonyl (C=O) groups excluding carboxylic acids is 3. The third-order valence-electron chi connectivity index (χ3n) is 11.8. The molecule has 1 aromatic heterocycles. The van der Waals surface area contributed by atoms with Crippen LogP contribution in [0.3, 0.4) is 0 Å². The molecule has 2 aliphatic rings. The van der Waals surface area contributed by atoms with Gasteiger partial charge in [-0.1, -0.05) is 87.3 Å². The van der Waals surface area contributed by atoms with Crippen molar-refractivity contribution in [3.63, 3.8) is 0 Å². The Morgan fingerprint density at radius 3 is 2.24 bits per heavy atom. The maximum atomic E-state index is 13.9. The molecule has 3 rings (SSSR count). The zero-order valence-electron chi connectivity index (χ0n) is 28.0. The van der Waals surface area contributed by atoms with Gasteiger partial charge in [-0.3, -0.25) is 19.0 Å². The average molecular weight is 576 g/mol. The molecule has 1 aromatic rings. The maximum absolute atomic E-state index is 13.9. The van der Waals surface area contributed by atoms with Crippen LogP contribution in [0.4, 0.5) is 0 Å². The summed E-state index contributed by atoms with van der Waals surface area (Å²) in [5, 5.41) is 9.92. The molecule has 230 valence electrons. The Morgan fingerprint density at radius 2 is 1.71 bits per heavy atom. The summed E-state index contributed by atoms with van der Waals surface area (Å²) in [6.45, 7) is 23.2. The number of Topliss-reactive ketones (excluding diaryl/α,β-unsaturated/α-hetero) is 1. The lowest BCUT2D eigenvalue weighted by atomic mass is 9.42. The highest BCUT2D eigenvalue weighted by Crippen LogP contribution is 2.67. The van der Waals surface area contributed by atoms with Crippen molar-refractivity contribution in [2.24, 2.45) is 38.4 Å². The molecule has 6 nitrogen and oxygen atoms in total. The van der Waals surface area contributed by atoms with E-state index in [4.69, 9.17) is 0 Å². The van der Waals surface area contributed by atoms with E-state index in [1.165, 1.54) is 0 Å². The summed E-state index contributed by atoms with van der Waals surface area (Å²) in [5.41, 5.74) is -1.25. The van der Waals surface area contributed by atoms with Gasteiger partial charge >= 0.3 is 0 Å². The maximum Gasteiger partial charge on any atom is 0.237 e. The Bertz CT molecular complexity index is 1320. The molecule has 6 heteroatoms. The molecule has 0 bridgehead atoms. The predicted octanol–water partition coefficient (Wildman–Crippen LogP) is 8.55. The minimum Gasteiger partial charge on any atom is -0.295 e. The highest BCUT2D eigenvalue weighted by Gasteiger charge is 2.61. The van der Waals surface area contributed by atoms with Crippen molar-refractivity contribution in [1.29, 1.82) is 5.26 Å². The van der Waals surface area contributed by atoms with E-state index in [2.05, 4.69) is 66.4 Å². The van der Waals surface area contributed by atoms with Crippen LogP contribution in [0.2, 0.25) is 0 Å². The van der Waals surface area contributed by atoms with Gasteiger partial charge in [0.25, 0.3) is 0 Å². The molecular formula is C36H53N3O3. The van der Waals surface area contributed by atoms with E-state index in [0.717, 1.165) is 44.1 Å². The third-order valence-corrected chi connectivity index (χ3v) is 11.8. The van der Waals surface area contributed by atoms with Crippen molar-refractivity contribution in [3.05, 3.63) is 42.0 Å². The fourth-order valence-corrected chi connectivity index (χ4v) is 7.80. The Morgan fingerprint density at radius 1 is 1.10 bits per heavy atom. The molecule has 0 spiro atoms. The van der Waals surface area contributed by atoms with Crippen molar-refractivity contribution in [2.75, 3.05) is 0 Å². The molecule has 0 aromatic carbocycles. The molecule has 0 saturated heterocycles. The normalized spacial score (nSPS) is 28.4. The molecule has 1 saturated carbocycles. The summed E-state index contributed by atoms with van der Waals surface area (Å²) >= 11 is 0. The van der Waals surface area contributed by atoms with E-state index < -0.39 is 16.2 Å². The Balaban J connectivity index is 2.06. The van der Waals surface area contributed by atoms with Gasteiger partial charge in [-0.15, -0.1) is 0 Å². The molecule has 1 fully saturated rings. The van der Waals surface area contributed by atoms with E-state index in [9.17, 15) is 19.6 Å². The van der Waals surface area contributed by atoms with Crippen LogP contribution in [0.5, 0.6) is 0 Å². The van der Waals surface area contributed by atoms with Crippen LogP contribution in [0.15, 0.2) is 42.0 Å². The largest absolute Gasteiger partial charge is 0.295 e. The van der Waals surface area contributed by atoms with Gasteiger partial charge in [0.05, 0.1) is 5.57 Å².